The fraction of sp³-hybridized carbons (Fsp3) is 0.121. The lowest BCUT2D eigenvalue weighted by atomic mass is 9.98. The molecule has 0 aliphatic carbocycles. The van der Waals surface area contributed by atoms with Crippen LogP contribution in [0.5, 0.6) is 0 Å². The predicted octanol–water partition coefficient (Wildman–Crippen LogP) is 5.98. The molecule has 2 amide bonds. The van der Waals surface area contributed by atoms with E-state index in [-0.39, 0.29) is 11.8 Å². The van der Waals surface area contributed by atoms with Crippen LogP contribution in [-0.2, 0) is 19.5 Å². The van der Waals surface area contributed by atoms with E-state index in [4.69, 9.17) is 0 Å². The van der Waals surface area contributed by atoms with Gasteiger partial charge in [-0.15, -0.1) is 0 Å². The van der Waals surface area contributed by atoms with Gasteiger partial charge in [0, 0.05) is 49.0 Å². The van der Waals surface area contributed by atoms with Crippen LogP contribution in [0, 0.1) is 0 Å². The molecule has 2 heterocycles. The number of carbonyl (C=O) groups excluding carboxylic acids is 2. The number of fused-ring (bicyclic) bond motifs is 2. The Kier molecular flexibility index (Phi) is 6.75. The number of pyridine rings is 1. The fourth-order valence-electron chi connectivity index (χ4n) is 5.17. The van der Waals surface area contributed by atoms with Crippen LogP contribution in [0.3, 0.4) is 0 Å². The molecular formula is C33H28N4O2. The number of benzene rings is 4. The van der Waals surface area contributed by atoms with Gasteiger partial charge < -0.3 is 15.5 Å². The molecule has 5 aromatic rings. The zero-order valence-corrected chi connectivity index (χ0v) is 21.4. The summed E-state index contributed by atoms with van der Waals surface area (Å²) in [5, 5.41) is 7.94. The Balaban J connectivity index is 1.30. The van der Waals surface area contributed by atoms with Crippen LogP contribution in [-0.4, -0.2) is 23.3 Å². The second-order valence-electron chi connectivity index (χ2n) is 9.70. The lowest BCUT2D eigenvalue weighted by Crippen LogP contribution is -2.33. The van der Waals surface area contributed by atoms with Gasteiger partial charge in [0.25, 0.3) is 11.8 Å². The summed E-state index contributed by atoms with van der Waals surface area (Å²) in [4.78, 5) is 33.2. The van der Waals surface area contributed by atoms with Crippen molar-refractivity contribution in [2.45, 2.75) is 19.5 Å². The third kappa shape index (κ3) is 5.22. The molecule has 0 spiro atoms. The number of amides is 2. The van der Waals surface area contributed by atoms with Crippen molar-refractivity contribution in [3.05, 3.63) is 137 Å². The van der Waals surface area contributed by atoms with Gasteiger partial charge in [0.1, 0.15) is 0 Å². The number of aromatic nitrogens is 1. The van der Waals surface area contributed by atoms with Crippen LogP contribution < -0.4 is 15.5 Å². The molecular weight excluding hydrogens is 484 g/mol. The maximum atomic E-state index is 13.5. The van der Waals surface area contributed by atoms with Gasteiger partial charge in [0.2, 0.25) is 0 Å². The molecule has 1 aromatic heterocycles. The van der Waals surface area contributed by atoms with Crippen molar-refractivity contribution in [1.29, 1.82) is 0 Å². The standard InChI is InChI=1S/C33H28N4O2/c38-32(35-21-23-7-6-17-34-20-23)30-19-27(36-33(39)29-13-5-11-25-9-3-4-12-28(25)29)14-15-31(30)37-18-16-24-8-1-2-10-26(24)22-37/h1-15,17,19-20H,16,18,21-22H2,(H,35,38)(H,36,39). The molecule has 39 heavy (non-hydrogen) atoms. The van der Waals surface area contributed by atoms with E-state index in [0.717, 1.165) is 41.5 Å². The fourth-order valence-corrected chi connectivity index (χ4v) is 5.17. The average Bonchev–Trinajstić information content (AvgIpc) is 2.99. The first kappa shape index (κ1) is 24.4. The Morgan fingerprint density at radius 2 is 1.62 bits per heavy atom. The van der Waals surface area contributed by atoms with Gasteiger partial charge in [0.15, 0.2) is 0 Å². The molecule has 0 radical (unpaired) electrons. The summed E-state index contributed by atoms with van der Waals surface area (Å²) in [6.07, 6.45) is 4.36. The zero-order valence-electron chi connectivity index (χ0n) is 21.4. The van der Waals surface area contributed by atoms with Gasteiger partial charge in [0.05, 0.1) is 5.56 Å². The van der Waals surface area contributed by atoms with Crippen LogP contribution in [0.4, 0.5) is 11.4 Å². The van der Waals surface area contributed by atoms with Crippen molar-refractivity contribution in [2.24, 2.45) is 0 Å². The normalized spacial score (nSPS) is 12.6. The monoisotopic (exact) mass is 512 g/mol. The first-order valence-corrected chi connectivity index (χ1v) is 13.1. The molecule has 0 saturated heterocycles. The summed E-state index contributed by atoms with van der Waals surface area (Å²) in [6, 6.07) is 31.3. The van der Waals surface area contributed by atoms with Gasteiger partial charge in [-0.1, -0.05) is 66.7 Å². The molecule has 0 saturated carbocycles. The summed E-state index contributed by atoms with van der Waals surface area (Å²) in [7, 11) is 0. The number of anilines is 2. The smallest absolute Gasteiger partial charge is 0.256 e. The summed E-state index contributed by atoms with van der Waals surface area (Å²) < 4.78 is 0. The van der Waals surface area contributed by atoms with Crippen LogP contribution in [0.2, 0.25) is 0 Å². The van der Waals surface area contributed by atoms with Crippen LogP contribution >= 0.6 is 0 Å². The summed E-state index contributed by atoms with van der Waals surface area (Å²) in [6.45, 7) is 1.89. The minimum absolute atomic E-state index is 0.200. The number of rotatable bonds is 6. The third-order valence-electron chi connectivity index (χ3n) is 7.18. The second-order valence-corrected chi connectivity index (χ2v) is 9.70. The van der Waals surface area contributed by atoms with Crippen molar-refractivity contribution in [2.75, 3.05) is 16.8 Å². The van der Waals surface area contributed by atoms with Gasteiger partial charge in [-0.05, 0) is 64.2 Å². The number of hydrogen-bond donors (Lipinski definition) is 2. The lowest BCUT2D eigenvalue weighted by Gasteiger charge is -2.32. The van der Waals surface area contributed by atoms with Crippen molar-refractivity contribution < 1.29 is 9.59 Å². The minimum atomic E-state index is -0.215. The number of carbonyl (C=O) groups is 2. The Morgan fingerprint density at radius 1 is 0.795 bits per heavy atom. The largest absolute Gasteiger partial charge is 0.366 e. The maximum absolute atomic E-state index is 13.5. The molecule has 2 N–H and O–H groups in total. The van der Waals surface area contributed by atoms with E-state index in [0.29, 0.717) is 23.4 Å². The van der Waals surface area contributed by atoms with E-state index < -0.39 is 0 Å². The molecule has 0 atom stereocenters. The molecule has 0 bridgehead atoms. The van der Waals surface area contributed by atoms with Crippen LogP contribution in [0.1, 0.15) is 37.4 Å². The Bertz CT molecular complexity index is 1660. The highest BCUT2D eigenvalue weighted by atomic mass is 16.2. The number of nitrogens with zero attached hydrogens (tertiary/aromatic N) is 2. The molecule has 1 aliphatic heterocycles. The first-order valence-electron chi connectivity index (χ1n) is 13.1. The molecule has 4 aromatic carbocycles. The highest BCUT2D eigenvalue weighted by Gasteiger charge is 2.22. The molecule has 6 heteroatoms. The first-order chi connectivity index (χ1) is 19.2. The average molecular weight is 513 g/mol. The predicted molar refractivity (Wildman–Crippen MR) is 155 cm³/mol. The highest BCUT2D eigenvalue weighted by Crippen LogP contribution is 2.30. The lowest BCUT2D eigenvalue weighted by molar-refractivity contribution is 0.0950. The quantitative estimate of drug-likeness (QED) is 0.294. The van der Waals surface area contributed by atoms with Crippen molar-refractivity contribution >= 4 is 34.0 Å². The van der Waals surface area contributed by atoms with E-state index in [9.17, 15) is 9.59 Å². The number of hydrogen-bond acceptors (Lipinski definition) is 4. The minimum Gasteiger partial charge on any atom is -0.366 e. The van der Waals surface area contributed by atoms with Crippen molar-refractivity contribution in [3.8, 4) is 0 Å². The van der Waals surface area contributed by atoms with Gasteiger partial charge in [-0.3, -0.25) is 14.6 Å². The topological polar surface area (TPSA) is 74.3 Å². The van der Waals surface area contributed by atoms with Crippen molar-refractivity contribution in [3.63, 3.8) is 0 Å². The maximum Gasteiger partial charge on any atom is 0.256 e. The molecule has 192 valence electrons. The van der Waals surface area contributed by atoms with E-state index in [1.807, 2.05) is 66.7 Å². The SMILES string of the molecule is O=C(NCc1cccnc1)c1cc(NC(=O)c2cccc3ccccc23)ccc1N1CCc2ccccc2C1. The van der Waals surface area contributed by atoms with E-state index in [2.05, 4.69) is 44.8 Å². The van der Waals surface area contributed by atoms with Gasteiger partial charge >= 0.3 is 0 Å². The summed E-state index contributed by atoms with van der Waals surface area (Å²) in [5.41, 5.74) is 6.05. The molecule has 1 aliphatic rings. The Labute approximate surface area is 227 Å². The van der Waals surface area contributed by atoms with Crippen LogP contribution in [0.25, 0.3) is 10.8 Å². The highest BCUT2D eigenvalue weighted by molar-refractivity contribution is 6.13. The molecule has 6 rings (SSSR count). The van der Waals surface area contributed by atoms with Crippen molar-refractivity contribution in [1.82, 2.24) is 10.3 Å². The molecule has 6 nitrogen and oxygen atoms in total. The molecule has 0 unspecified atom stereocenters. The van der Waals surface area contributed by atoms with E-state index >= 15 is 0 Å². The summed E-state index contributed by atoms with van der Waals surface area (Å²) >= 11 is 0. The van der Waals surface area contributed by atoms with E-state index in [1.54, 1.807) is 18.5 Å². The second kappa shape index (κ2) is 10.8. The molecule has 0 fully saturated rings. The zero-order chi connectivity index (χ0) is 26.6. The van der Waals surface area contributed by atoms with Crippen LogP contribution in [0.15, 0.2) is 109 Å². The Hall–Kier alpha value is -4.97. The van der Waals surface area contributed by atoms with Gasteiger partial charge in [-0.2, -0.15) is 0 Å². The number of nitrogens with one attached hydrogen (secondary N) is 2. The third-order valence-corrected chi connectivity index (χ3v) is 7.18. The van der Waals surface area contributed by atoms with E-state index in [1.165, 1.54) is 11.1 Å². The Morgan fingerprint density at radius 3 is 2.49 bits per heavy atom. The van der Waals surface area contributed by atoms with Gasteiger partial charge in [-0.25, -0.2) is 0 Å². The summed E-state index contributed by atoms with van der Waals surface area (Å²) in [5.74, 6) is -0.415.